The number of hydrogen-bond acceptors (Lipinski definition) is 6. The molecule has 0 aliphatic carbocycles. The first kappa shape index (κ1) is 26.4. The molecular formula is C29H32ClN3O5. The molecule has 8 nitrogen and oxygen atoms in total. The predicted octanol–water partition coefficient (Wildman–Crippen LogP) is 4.00. The number of ether oxygens (including phenoxy) is 3. The highest BCUT2D eigenvalue weighted by atomic mass is 35.5. The molecule has 1 fully saturated rings. The van der Waals surface area contributed by atoms with E-state index in [0.717, 1.165) is 40.8 Å². The minimum Gasteiger partial charge on any atom is -0.491 e. The number of aliphatic hydroxyl groups excluding tert-OH is 1. The van der Waals surface area contributed by atoms with Crippen LogP contribution in [0.15, 0.2) is 42.5 Å². The van der Waals surface area contributed by atoms with Gasteiger partial charge in [0.05, 0.1) is 13.2 Å². The van der Waals surface area contributed by atoms with Gasteiger partial charge in [-0.05, 0) is 54.8 Å². The Labute approximate surface area is 227 Å². The van der Waals surface area contributed by atoms with Crippen molar-refractivity contribution in [3.05, 3.63) is 64.3 Å². The Bertz CT molecular complexity index is 1320. The largest absolute Gasteiger partial charge is 0.491 e. The monoisotopic (exact) mass is 537 g/mol. The maximum absolute atomic E-state index is 13.1. The summed E-state index contributed by atoms with van der Waals surface area (Å²) in [7, 11) is 0. The Morgan fingerprint density at radius 1 is 1.21 bits per heavy atom. The highest BCUT2D eigenvalue weighted by Gasteiger charge is 2.35. The minimum atomic E-state index is -0.594. The third kappa shape index (κ3) is 5.92. The summed E-state index contributed by atoms with van der Waals surface area (Å²) in [5.74, 6) is 6.19. The predicted molar refractivity (Wildman–Crippen MR) is 146 cm³/mol. The number of aromatic nitrogens is 1. The summed E-state index contributed by atoms with van der Waals surface area (Å²) in [4.78, 5) is 20.5. The van der Waals surface area contributed by atoms with Crippen LogP contribution >= 0.6 is 11.6 Å². The molecule has 0 radical (unpaired) electrons. The van der Waals surface area contributed by atoms with E-state index in [2.05, 4.69) is 21.7 Å². The summed E-state index contributed by atoms with van der Waals surface area (Å²) in [6.45, 7) is 6.04. The summed E-state index contributed by atoms with van der Waals surface area (Å²) < 4.78 is 16.7. The van der Waals surface area contributed by atoms with Gasteiger partial charge in [-0.2, -0.15) is 0 Å². The molecule has 2 aliphatic heterocycles. The van der Waals surface area contributed by atoms with Crippen LogP contribution in [0.25, 0.3) is 10.9 Å². The Hall–Kier alpha value is -3.22. The Balaban J connectivity index is 1.35. The first-order valence-corrected chi connectivity index (χ1v) is 13.2. The summed E-state index contributed by atoms with van der Waals surface area (Å²) in [6, 6.07) is 13.1. The summed E-state index contributed by atoms with van der Waals surface area (Å²) in [5, 5.41) is 12.2. The highest BCUT2D eigenvalue weighted by molar-refractivity contribution is 6.31. The number of carbonyl (C=O) groups excluding carboxylic acids is 1. The lowest BCUT2D eigenvalue weighted by atomic mass is 9.92. The maximum atomic E-state index is 13.1. The molecule has 2 N–H and O–H groups in total. The fraction of sp³-hybridized carbons (Fsp3) is 0.414. The first-order chi connectivity index (χ1) is 18.5. The van der Waals surface area contributed by atoms with Gasteiger partial charge in [-0.15, -0.1) is 5.92 Å². The Morgan fingerprint density at radius 3 is 2.76 bits per heavy atom. The number of nitrogens with zero attached hydrogens (tertiary/aromatic N) is 2. The number of rotatable bonds is 7. The van der Waals surface area contributed by atoms with Gasteiger partial charge in [0.1, 0.15) is 24.5 Å². The number of aliphatic hydroxyl groups is 1. The normalized spacial score (nSPS) is 18.4. The molecule has 1 saturated heterocycles. The molecule has 200 valence electrons. The standard InChI is InChI=1S/C29H32ClN3O5/c1-2-3-14-37-29(35)33-11-10-24-25-17-21(30)6-9-26(25)31-27(24)28(33)20-4-7-23(8-5-20)38-19-22(34)18-32-12-15-36-16-13-32/h4-9,17,22,28,31,34H,10-16,18-19H2,1H3. The lowest BCUT2D eigenvalue weighted by Crippen LogP contribution is -2.42. The number of hydrogen-bond donors (Lipinski definition) is 2. The fourth-order valence-corrected chi connectivity index (χ4v) is 5.30. The van der Waals surface area contributed by atoms with Gasteiger partial charge in [-0.1, -0.05) is 29.7 Å². The number of H-pyrrole nitrogens is 1. The summed E-state index contributed by atoms with van der Waals surface area (Å²) in [6.07, 6.45) is -0.321. The smallest absolute Gasteiger partial charge is 0.411 e. The van der Waals surface area contributed by atoms with Crippen molar-refractivity contribution in [2.45, 2.75) is 25.5 Å². The number of carbonyl (C=O) groups is 1. The van der Waals surface area contributed by atoms with Crippen LogP contribution in [-0.4, -0.2) is 84.7 Å². The van der Waals surface area contributed by atoms with E-state index >= 15 is 0 Å². The number of aromatic amines is 1. The van der Waals surface area contributed by atoms with Crippen molar-refractivity contribution in [1.29, 1.82) is 0 Å². The second-order valence-corrected chi connectivity index (χ2v) is 9.92. The maximum Gasteiger partial charge on any atom is 0.411 e. The number of benzene rings is 2. The molecular weight excluding hydrogens is 506 g/mol. The fourth-order valence-electron chi connectivity index (χ4n) is 5.13. The highest BCUT2D eigenvalue weighted by Crippen LogP contribution is 2.39. The zero-order chi connectivity index (χ0) is 26.5. The molecule has 1 aromatic heterocycles. The van der Waals surface area contributed by atoms with E-state index in [1.54, 1.807) is 11.8 Å². The van der Waals surface area contributed by atoms with E-state index in [9.17, 15) is 9.90 Å². The average Bonchev–Trinajstić information content (AvgIpc) is 3.30. The molecule has 0 bridgehead atoms. The SMILES string of the molecule is CC#CCOC(=O)N1CCc2c([nH]c3ccc(Cl)cc23)C1c1ccc(OCC(O)CN2CCOCC2)cc1. The molecule has 3 heterocycles. The van der Waals surface area contributed by atoms with Crippen LogP contribution in [0.5, 0.6) is 5.75 Å². The quantitative estimate of drug-likeness (QED) is 0.443. The van der Waals surface area contributed by atoms with Crippen molar-refractivity contribution in [2.75, 3.05) is 52.6 Å². The molecule has 9 heteroatoms. The molecule has 2 aliphatic rings. The van der Waals surface area contributed by atoms with Gasteiger partial charge in [0, 0.05) is 47.8 Å². The van der Waals surface area contributed by atoms with Crippen LogP contribution in [0.1, 0.15) is 29.8 Å². The van der Waals surface area contributed by atoms with Gasteiger partial charge in [0.25, 0.3) is 0 Å². The summed E-state index contributed by atoms with van der Waals surface area (Å²) in [5.41, 5.74) is 3.99. The van der Waals surface area contributed by atoms with Crippen molar-refractivity contribution in [1.82, 2.24) is 14.8 Å². The summed E-state index contributed by atoms with van der Waals surface area (Å²) >= 11 is 6.29. The molecule has 0 spiro atoms. The molecule has 1 amide bonds. The minimum absolute atomic E-state index is 0.0489. The van der Waals surface area contributed by atoms with Crippen molar-refractivity contribution in [2.24, 2.45) is 0 Å². The lowest BCUT2D eigenvalue weighted by Gasteiger charge is -2.35. The number of morpholine rings is 1. The van der Waals surface area contributed by atoms with Crippen LogP contribution in [0.2, 0.25) is 5.02 Å². The molecule has 2 aromatic carbocycles. The topological polar surface area (TPSA) is 87.3 Å². The van der Waals surface area contributed by atoms with Crippen LogP contribution in [0.3, 0.4) is 0 Å². The molecule has 38 heavy (non-hydrogen) atoms. The Morgan fingerprint density at radius 2 is 2.00 bits per heavy atom. The average molecular weight is 538 g/mol. The van der Waals surface area contributed by atoms with E-state index in [1.807, 2.05) is 42.5 Å². The van der Waals surface area contributed by atoms with Gasteiger partial charge in [0.15, 0.2) is 6.61 Å². The molecule has 5 rings (SSSR count). The second-order valence-electron chi connectivity index (χ2n) is 9.48. The van der Waals surface area contributed by atoms with Gasteiger partial charge < -0.3 is 24.3 Å². The zero-order valence-electron chi connectivity index (χ0n) is 21.4. The zero-order valence-corrected chi connectivity index (χ0v) is 22.2. The third-order valence-corrected chi connectivity index (χ3v) is 7.21. The Kier molecular flexibility index (Phi) is 8.40. The lowest BCUT2D eigenvalue weighted by molar-refractivity contribution is 0.00465. The number of amides is 1. The number of fused-ring (bicyclic) bond motifs is 3. The van der Waals surface area contributed by atoms with Gasteiger partial charge >= 0.3 is 6.09 Å². The van der Waals surface area contributed by atoms with Crippen LogP contribution < -0.4 is 4.74 Å². The molecule has 2 atom stereocenters. The van der Waals surface area contributed by atoms with Crippen molar-refractivity contribution in [3.63, 3.8) is 0 Å². The van der Waals surface area contributed by atoms with E-state index in [4.69, 9.17) is 25.8 Å². The van der Waals surface area contributed by atoms with Crippen LogP contribution in [-0.2, 0) is 15.9 Å². The van der Waals surface area contributed by atoms with Gasteiger partial charge in [-0.3, -0.25) is 9.80 Å². The first-order valence-electron chi connectivity index (χ1n) is 12.9. The van der Waals surface area contributed by atoms with Crippen LogP contribution in [0, 0.1) is 11.8 Å². The molecule has 2 unspecified atom stereocenters. The van der Waals surface area contributed by atoms with E-state index < -0.39 is 12.2 Å². The van der Waals surface area contributed by atoms with E-state index in [-0.39, 0.29) is 19.3 Å². The molecule has 3 aromatic rings. The van der Waals surface area contributed by atoms with Crippen molar-refractivity contribution < 1.29 is 24.1 Å². The van der Waals surface area contributed by atoms with Crippen LogP contribution in [0.4, 0.5) is 4.79 Å². The number of halogens is 1. The third-order valence-electron chi connectivity index (χ3n) is 6.98. The van der Waals surface area contributed by atoms with Crippen molar-refractivity contribution in [3.8, 4) is 17.6 Å². The second kappa shape index (κ2) is 12.1. The van der Waals surface area contributed by atoms with Crippen molar-refractivity contribution >= 4 is 28.6 Å². The number of nitrogens with one attached hydrogen (secondary N) is 1. The molecule has 0 saturated carbocycles. The van der Waals surface area contributed by atoms with E-state index in [0.29, 0.717) is 43.5 Å². The van der Waals surface area contributed by atoms with Gasteiger partial charge in [-0.25, -0.2) is 4.79 Å². The van der Waals surface area contributed by atoms with Gasteiger partial charge in [0.2, 0.25) is 0 Å². The number of β-amino-alcohol motifs (C(OH)–C–C–N with tert-alkyl or cyclic N) is 1. The van der Waals surface area contributed by atoms with E-state index in [1.165, 1.54) is 0 Å².